The fraction of sp³-hybridized carbons (Fsp3) is 0.375. The number of benzene rings is 1. The molecule has 0 amide bonds. The molecule has 0 saturated heterocycles. The van der Waals surface area contributed by atoms with Crippen LogP contribution in [0.5, 0.6) is 0 Å². The van der Waals surface area contributed by atoms with Gasteiger partial charge in [0, 0.05) is 12.4 Å². The number of nitrogens with zero attached hydrogens (tertiary/aromatic N) is 2. The zero-order valence-electron chi connectivity index (χ0n) is 12.2. The molecule has 1 aromatic carbocycles. The molecule has 0 bridgehead atoms. The Kier molecular flexibility index (Phi) is 4.79. The molecule has 0 aliphatic carbocycles. The molecule has 1 N–H and O–H groups in total. The van der Waals surface area contributed by atoms with Crippen LogP contribution in [0.1, 0.15) is 41.9 Å². The number of nitrogens with one attached hydrogen (secondary N) is 1. The summed E-state index contributed by atoms with van der Waals surface area (Å²) in [4.78, 5) is 8.74. The third kappa shape index (κ3) is 3.61. The number of rotatable bonds is 5. The lowest BCUT2D eigenvalue weighted by Gasteiger charge is -2.18. The van der Waals surface area contributed by atoms with Crippen molar-refractivity contribution < 1.29 is 4.39 Å². The molecular formula is C16H20FN3. The van der Waals surface area contributed by atoms with Gasteiger partial charge in [0.15, 0.2) is 0 Å². The highest BCUT2D eigenvalue weighted by atomic mass is 19.1. The molecule has 0 aliphatic rings. The quantitative estimate of drug-likeness (QED) is 0.908. The maximum atomic E-state index is 13.6. The maximum absolute atomic E-state index is 13.6. The first-order chi connectivity index (χ1) is 9.60. The fourth-order valence-electron chi connectivity index (χ4n) is 2.13. The normalized spacial score (nSPS) is 12.4. The summed E-state index contributed by atoms with van der Waals surface area (Å²) < 4.78 is 13.6. The third-order valence-electron chi connectivity index (χ3n) is 3.06. The van der Waals surface area contributed by atoms with Crippen LogP contribution in [0.15, 0.2) is 30.6 Å². The molecule has 0 aliphatic heterocycles. The Balaban J connectivity index is 2.38. The van der Waals surface area contributed by atoms with Crippen LogP contribution in [0.25, 0.3) is 0 Å². The van der Waals surface area contributed by atoms with E-state index in [0.29, 0.717) is 5.82 Å². The Morgan fingerprint density at radius 3 is 2.40 bits per heavy atom. The van der Waals surface area contributed by atoms with Crippen molar-refractivity contribution >= 4 is 0 Å². The van der Waals surface area contributed by atoms with E-state index in [1.807, 2.05) is 19.9 Å². The standard InChI is InChI=1S/C16H20FN3/c1-4-5-18-15(16-19-9-12(3)10-20-16)13-6-11(2)7-14(17)8-13/h6-10,15,18H,4-5H2,1-3H3. The van der Waals surface area contributed by atoms with Crippen molar-refractivity contribution in [3.05, 3.63) is 58.9 Å². The van der Waals surface area contributed by atoms with Gasteiger partial charge in [-0.15, -0.1) is 0 Å². The molecule has 0 radical (unpaired) electrons. The van der Waals surface area contributed by atoms with Gasteiger partial charge in [-0.2, -0.15) is 0 Å². The molecule has 106 valence electrons. The van der Waals surface area contributed by atoms with Crippen LogP contribution in [-0.2, 0) is 0 Å². The van der Waals surface area contributed by atoms with Gasteiger partial charge in [0.1, 0.15) is 11.6 Å². The fourth-order valence-corrected chi connectivity index (χ4v) is 2.13. The molecule has 0 fully saturated rings. The Hall–Kier alpha value is -1.81. The summed E-state index contributed by atoms with van der Waals surface area (Å²) in [5.41, 5.74) is 2.77. The average Bonchev–Trinajstić information content (AvgIpc) is 2.40. The van der Waals surface area contributed by atoms with Crippen LogP contribution < -0.4 is 5.32 Å². The predicted octanol–water partition coefficient (Wildman–Crippen LogP) is 3.32. The first kappa shape index (κ1) is 14.6. The summed E-state index contributed by atoms with van der Waals surface area (Å²) in [6.45, 7) is 6.76. The second kappa shape index (κ2) is 6.57. The lowest BCUT2D eigenvalue weighted by Crippen LogP contribution is -2.25. The summed E-state index contributed by atoms with van der Waals surface area (Å²) in [5.74, 6) is 0.449. The predicted molar refractivity (Wildman–Crippen MR) is 78.0 cm³/mol. The van der Waals surface area contributed by atoms with E-state index in [4.69, 9.17) is 0 Å². The Bertz CT molecular complexity index is 546. The molecule has 3 nitrogen and oxygen atoms in total. The van der Waals surface area contributed by atoms with Gasteiger partial charge in [-0.05, 0) is 55.6 Å². The number of hydrogen-bond acceptors (Lipinski definition) is 3. The van der Waals surface area contributed by atoms with E-state index < -0.39 is 0 Å². The van der Waals surface area contributed by atoms with Gasteiger partial charge in [0.25, 0.3) is 0 Å². The van der Waals surface area contributed by atoms with E-state index in [1.54, 1.807) is 18.5 Å². The molecule has 2 aromatic rings. The lowest BCUT2D eigenvalue weighted by molar-refractivity contribution is 0.562. The van der Waals surface area contributed by atoms with Gasteiger partial charge >= 0.3 is 0 Å². The van der Waals surface area contributed by atoms with Crippen LogP contribution in [0.4, 0.5) is 4.39 Å². The molecular weight excluding hydrogens is 253 g/mol. The van der Waals surface area contributed by atoms with Gasteiger partial charge in [0.05, 0.1) is 6.04 Å². The minimum absolute atomic E-state index is 0.176. The van der Waals surface area contributed by atoms with E-state index in [-0.39, 0.29) is 11.9 Å². The van der Waals surface area contributed by atoms with Crippen molar-refractivity contribution in [2.75, 3.05) is 6.54 Å². The summed E-state index contributed by atoms with van der Waals surface area (Å²) in [6, 6.07) is 4.87. The van der Waals surface area contributed by atoms with Crippen LogP contribution >= 0.6 is 0 Å². The van der Waals surface area contributed by atoms with Crippen molar-refractivity contribution in [3.63, 3.8) is 0 Å². The highest BCUT2D eigenvalue weighted by Crippen LogP contribution is 2.21. The Morgan fingerprint density at radius 1 is 1.10 bits per heavy atom. The first-order valence-electron chi connectivity index (χ1n) is 6.89. The summed E-state index contributed by atoms with van der Waals surface area (Å²) in [7, 11) is 0. The van der Waals surface area contributed by atoms with Crippen molar-refractivity contribution in [1.82, 2.24) is 15.3 Å². The Labute approximate surface area is 119 Å². The molecule has 0 saturated carbocycles. The van der Waals surface area contributed by atoms with E-state index in [9.17, 15) is 4.39 Å². The average molecular weight is 273 g/mol. The van der Waals surface area contributed by atoms with Crippen molar-refractivity contribution in [3.8, 4) is 0 Å². The minimum atomic E-state index is -0.226. The number of aromatic nitrogens is 2. The van der Waals surface area contributed by atoms with Crippen LogP contribution in [0, 0.1) is 19.7 Å². The molecule has 1 heterocycles. The van der Waals surface area contributed by atoms with E-state index >= 15 is 0 Å². The molecule has 4 heteroatoms. The number of aryl methyl sites for hydroxylation is 2. The summed E-state index contributed by atoms with van der Waals surface area (Å²) in [6.07, 6.45) is 4.57. The zero-order chi connectivity index (χ0) is 14.5. The number of halogens is 1. The van der Waals surface area contributed by atoms with E-state index in [1.165, 1.54) is 6.07 Å². The van der Waals surface area contributed by atoms with Gasteiger partial charge < -0.3 is 5.32 Å². The van der Waals surface area contributed by atoms with Gasteiger partial charge in [-0.1, -0.05) is 13.0 Å². The zero-order valence-corrected chi connectivity index (χ0v) is 12.2. The van der Waals surface area contributed by atoms with Crippen molar-refractivity contribution in [1.29, 1.82) is 0 Å². The second-order valence-corrected chi connectivity index (χ2v) is 5.07. The van der Waals surface area contributed by atoms with Gasteiger partial charge in [0.2, 0.25) is 0 Å². The topological polar surface area (TPSA) is 37.8 Å². The maximum Gasteiger partial charge on any atom is 0.149 e. The SMILES string of the molecule is CCCNC(c1cc(C)cc(F)c1)c1ncc(C)cn1. The molecule has 20 heavy (non-hydrogen) atoms. The molecule has 2 rings (SSSR count). The van der Waals surface area contributed by atoms with E-state index in [0.717, 1.165) is 29.7 Å². The van der Waals surface area contributed by atoms with Gasteiger partial charge in [-0.3, -0.25) is 0 Å². The molecule has 1 atom stereocenters. The summed E-state index contributed by atoms with van der Waals surface area (Å²) in [5, 5.41) is 3.38. The van der Waals surface area contributed by atoms with E-state index in [2.05, 4.69) is 22.2 Å². The second-order valence-electron chi connectivity index (χ2n) is 5.07. The molecule has 0 spiro atoms. The highest BCUT2D eigenvalue weighted by Gasteiger charge is 2.17. The molecule has 1 aromatic heterocycles. The smallest absolute Gasteiger partial charge is 0.149 e. The van der Waals surface area contributed by atoms with Crippen molar-refractivity contribution in [2.24, 2.45) is 0 Å². The monoisotopic (exact) mass is 273 g/mol. The summed E-state index contributed by atoms with van der Waals surface area (Å²) >= 11 is 0. The van der Waals surface area contributed by atoms with Crippen molar-refractivity contribution in [2.45, 2.75) is 33.2 Å². The van der Waals surface area contributed by atoms with Crippen LogP contribution in [0.3, 0.4) is 0 Å². The highest BCUT2D eigenvalue weighted by molar-refractivity contribution is 5.30. The number of hydrogen-bond donors (Lipinski definition) is 1. The molecule has 1 unspecified atom stereocenters. The first-order valence-corrected chi connectivity index (χ1v) is 6.89. The third-order valence-corrected chi connectivity index (χ3v) is 3.06. The lowest BCUT2D eigenvalue weighted by atomic mass is 10.0. The minimum Gasteiger partial charge on any atom is -0.304 e. The largest absolute Gasteiger partial charge is 0.304 e. The van der Waals surface area contributed by atoms with Crippen LogP contribution in [-0.4, -0.2) is 16.5 Å². The Morgan fingerprint density at radius 2 is 1.80 bits per heavy atom. The van der Waals surface area contributed by atoms with Crippen LogP contribution in [0.2, 0.25) is 0 Å². The van der Waals surface area contributed by atoms with Gasteiger partial charge in [-0.25, -0.2) is 14.4 Å².